The van der Waals surface area contributed by atoms with Crippen molar-refractivity contribution in [1.82, 2.24) is 19.8 Å². The van der Waals surface area contributed by atoms with Crippen LogP contribution in [-0.2, 0) is 14.3 Å². The monoisotopic (exact) mass is 370 g/mol. The number of carbonyl (C=O) groups excluding carboxylic acids is 3. The van der Waals surface area contributed by atoms with Gasteiger partial charge in [-0.2, -0.15) is 5.10 Å². The number of aromatic nitrogens is 2. The molecular formula is C19H22N4O4. The smallest absolute Gasteiger partial charge is 0.315 e. The number of hydrogen-bond donors (Lipinski definition) is 0. The molecule has 8 nitrogen and oxygen atoms in total. The number of hydrogen-bond acceptors (Lipinski definition) is 5. The van der Waals surface area contributed by atoms with Gasteiger partial charge < -0.3 is 4.74 Å². The summed E-state index contributed by atoms with van der Waals surface area (Å²) in [6, 6.07) is 9.51. The maximum absolute atomic E-state index is 13.0. The second kappa shape index (κ2) is 8.03. The molecule has 0 bridgehead atoms. The summed E-state index contributed by atoms with van der Waals surface area (Å²) >= 11 is 0. The summed E-state index contributed by atoms with van der Waals surface area (Å²) < 4.78 is 6.51. The van der Waals surface area contributed by atoms with Crippen molar-refractivity contribution in [2.45, 2.75) is 26.7 Å². The zero-order chi connectivity index (χ0) is 19.4. The number of esters is 1. The number of benzene rings is 1. The topological polar surface area (TPSA) is 84.7 Å². The van der Waals surface area contributed by atoms with E-state index in [-0.39, 0.29) is 18.9 Å². The lowest BCUT2D eigenvalue weighted by Gasteiger charge is -2.27. The highest BCUT2D eigenvalue weighted by Crippen LogP contribution is 2.20. The molecule has 0 saturated carbocycles. The van der Waals surface area contributed by atoms with Crippen LogP contribution < -0.4 is 0 Å². The highest BCUT2D eigenvalue weighted by atomic mass is 16.5. The van der Waals surface area contributed by atoms with Gasteiger partial charge in [-0.05, 0) is 32.4 Å². The quantitative estimate of drug-likeness (QED) is 0.591. The third kappa shape index (κ3) is 3.84. The molecular weight excluding hydrogens is 348 g/mol. The number of nitrogens with zero attached hydrogens (tertiary/aromatic N) is 4. The van der Waals surface area contributed by atoms with Crippen molar-refractivity contribution in [2.75, 3.05) is 19.7 Å². The first-order valence-electron chi connectivity index (χ1n) is 8.90. The average Bonchev–Trinajstić information content (AvgIpc) is 3.29. The Labute approximate surface area is 157 Å². The lowest BCUT2D eigenvalue weighted by molar-refractivity contribution is -0.152. The van der Waals surface area contributed by atoms with E-state index in [1.807, 2.05) is 37.3 Å². The molecule has 1 aromatic carbocycles. The van der Waals surface area contributed by atoms with Crippen molar-refractivity contribution < 1.29 is 19.1 Å². The Morgan fingerprint density at radius 1 is 1.11 bits per heavy atom. The van der Waals surface area contributed by atoms with E-state index in [1.54, 1.807) is 11.6 Å². The molecule has 3 rings (SSSR count). The first-order chi connectivity index (χ1) is 13.0. The van der Waals surface area contributed by atoms with E-state index in [0.29, 0.717) is 30.8 Å². The molecule has 0 unspecified atom stereocenters. The summed E-state index contributed by atoms with van der Waals surface area (Å²) in [5.74, 6) is -1.33. The first-order valence-corrected chi connectivity index (χ1v) is 8.90. The number of ether oxygens (including phenoxy) is 1. The minimum atomic E-state index is -0.588. The zero-order valence-electron chi connectivity index (χ0n) is 15.4. The third-order valence-corrected chi connectivity index (χ3v) is 4.40. The Morgan fingerprint density at radius 2 is 1.81 bits per heavy atom. The fourth-order valence-corrected chi connectivity index (χ4v) is 3.10. The zero-order valence-corrected chi connectivity index (χ0v) is 15.4. The second-order valence-corrected chi connectivity index (χ2v) is 6.17. The Hall–Kier alpha value is -3.16. The van der Waals surface area contributed by atoms with E-state index >= 15 is 0 Å². The van der Waals surface area contributed by atoms with E-state index in [2.05, 4.69) is 5.10 Å². The van der Waals surface area contributed by atoms with Crippen LogP contribution in [0, 0.1) is 6.92 Å². The largest absolute Gasteiger partial charge is 0.466 e. The minimum absolute atomic E-state index is 0.215. The van der Waals surface area contributed by atoms with Crippen molar-refractivity contribution in [1.29, 1.82) is 0 Å². The van der Waals surface area contributed by atoms with Gasteiger partial charge in [0.2, 0.25) is 0 Å². The van der Waals surface area contributed by atoms with Crippen molar-refractivity contribution in [3.8, 4) is 5.69 Å². The van der Waals surface area contributed by atoms with E-state index in [9.17, 15) is 14.4 Å². The summed E-state index contributed by atoms with van der Waals surface area (Å²) in [4.78, 5) is 37.0. The molecule has 2 aromatic rings. The van der Waals surface area contributed by atoms with Crippen LogP contribution in [-0.4, -0.2) is 57.3 Å². The Bertz CT molecular complexity index is 847. The Kier molecular flexibility index (Phi) is 5.54. The van der Waals surface area contributed by atoms with Crippen LogP contribution in [0.5, 0.6) is 0 Å². The molecule has 8 heteroatoms. The van der Waals surface area contributed by atoms with Gasteiger partial charge in [0.1, 0.15) is 6.42 Å². The molecule has 0 radical (unpaired) electrons. The fraction of sp³-hybridized carbons (Fsp3) is 0.368. The number of hydrazine groups is 1. The number of amides is 2. The van der Waals surface area contributed by atoms with Crippen LogP contribution in [0.2, 0.25) is 0 Å². The van der Waals surface area contributed by atoms with E-state index in [1.165, 1.54) is 16.2 Å². The van der Waals surface area contributed by atoms with Crippen molar-refractivity contribution in [3.63, 3.8) is 0 Å². The molecule has 1 fully saturated rings. The highest BCUT2D eigenvalue weighted by Gasteiger charge is 2.33. The highest BCUT2D eigenvalue weighted by molar-refractivity contribution is 5.99. The molecule has 0 atom stereocenters. The van der Waals surface area contributed by atoms with Crippen LogP contribution in [0.4, 0.5) is 0 Å². The van der Waals surface area contributed by atoms with Crippen molar-refractivity contribution >= 4 is 17.8 Å². The predicted octanol–water partition coefficient (Wildman–Crippen LogP) is 1.72. The van der Waals surface area contributed by atoms with Crippen LogP contribution in [0.1, 0.15) is 35.8 Å². The minimum Gasteiger partial charge on any atom is -0.466 e. The van der Waals surface area contributed by atoms with Gasteiger partial charge in [0, 0.05) is 13.1 Å². The van der Waals surface area contributed by atoms with Gasteiger partial charge in [-0.1, -0.05) is 18.2 Å². The Balaban J connectivity index is 1.78. The lowest BCUT2D eigenvalue weighted by atomic mass is 10.2. The Morgan fingerprint density at radius 3 is 2.52 bits per heavy atom. The van der Waals surface area contributed by atoms with Crippen LogP contribution in [0.3, 0.4) is 0 Å². The summed E-state index contributed by atoms with van der Waals surface area (Å²) in [5.41, 5.74) is 1.97. The molecule has 0 aliphatic carbocycles. The number of para-hydroxylation sites is 1. The summed E-state index contributed by atoms with van der Waals surface area (Å²) in [5, 5.41) is 7.03. The van der Waals surface area contributed by atoms with Gasteiger partial charge in [0.15, 0.2) is 0 Å². The van der Waals surface area contributed by atoms with Gasteiger partial charge >= 0.3 is 5.97 Å². The van der Waals surface area contributed by atoms with Crippen LogP contribution in [0.25, 0.3) is 5.69 Å². The van der Waals surface area contributed by atoms with E-state index in [0.717, 1.165) is 5.69 Å². The summed E-state index contributed by atoms with van der Waals surface area (Å²) in [7, 11) is 0. The molecule has 1 aromatic heterocycles. The number of rotatable bonds is 5. The summed E-state index contributed by atoms with van der Waals surface area (Å²) in [6.45, 7) is 4.53. The van der Waals surface area contributed by atoms with E-state index < -0.39 is 11.9 Å². The van der Waals surface area contributed by atoms with Gasteiger partial charge in [-0.15, -0.1) is 0 Å². The molecule has 142 valence electrons. The normalized spacial score (nSPS) is 13.7. The molecule has 2 heterocycles. The maximum atomic E-state index is 13.0. The van der Waals surface area contributed by atoms with E-state index in [4.69, 9.17) is 4.74 Å². The lowest BCUT2D eigenvalue weighted by Crippen LogP contribution is -2.45. The van der Waals surface area contributed by atoms with Crippen LogP contribution >= 0.6 is 0 Å². The predicted molar refractivity (Wildman–Crippen MR) is 96.9 cm³/mol. The molecule has 1 saturated heterocycles. The first kappa shape index (κ1) is 18.6. The van der Waals surface area contributed by atoms with Gasteiger partial charge in [-0.25, -0.2) is 9.69 Å². The SMILES string of the molecule is CCOC(=O)CC(=O)N1CCCN1C(=O)c1cnn(-c2ccccc2)c1C. The third-order valence-electron chi connectivity index (χ3n) is 4.40. The molecule has 2 amide bonds. The number of carbonyl (C=O) groups is 3. The standard InChI is InChI=1S/C19H22N4O4/c1-3-27-18(25)12-17(24)21-10-7-11-22(21)19(26)16-13-20-23(14(16)2)15-8-5-4-6-9-15/h4-6,8-9,13H,3,7,10-12H2,1-2H3. The van der Waals surface area contributed by atoms with Crippen molar-refractivity contribution in [3.05, 3.63) is 47.8 Å². The fourth-order valence-electron chi connectivity index (χ4n) is 3.10. The summed E-state index contributed by atoms with van der Waals surface area (Å²) in [6.07, 6.45) is 1.79. The average molecular weight is 370 g/mol. The molecule has 1 aliphatic rings. The van der Waals surface area contributed by atoms with Gasteiger partial charge in [0.25, 0.3) is 11.8 Å². The van der Waals surface area contributed by atoms with Crippen LogP contribution in [0.15, 0.2) is 36.5 Å². The van der Waals surface area contributed by atoms with Gasteiger partial charge in [-0.3, -0.25) is 19.4 Å². The molecule has 0 N–H and O–H groups in total. The maximum Gasteiger partial charge on any atom is 0.315 e. The molecule has 27 heavy (non-hydrogen) atoms. The van der Waals surface area contributed by atoms with Gasteiger partial charge in [0.05, 0.1) is 29.7 Å². The molecule has 1 aliphatic heterocycles. The van der Waals surface area contributed by atoms with Crippen molar-refractivity contribution in [2.24, 2.45) is 0 Å². The second-order valence-electron chi connectivity index (χ2n) is 6.17. The molecule has 0 spiro atoms.